The molecule has 2 aromatic rings. The van der Waals surface area contributed by atoms with Crippen LogP contribution in [-0.2, 0) is 11.3 Å². The molecule has 0 saturated carbocycles. The molecule has 2 heterocycles. The number of pyridine rings is 1. The third-order valence-electron chi connectivity index (χ3n) is 4.05. The standard InChI is InChI=1S/C18H20N4O3/c1-25-16-4-2-15(3-5-16)22-11-10-21(18(22)24)13-17(23)20-12-14-6-8-19-9-7-14/h2-9H,10-13H2,1H3,(H,20,23). The number of hydrogen-bond donors (Lipinski definition) is 1. The predicted molar refractivity (Wildman–Crippen MR) is 93.4 cm³/mol. The number of hydrogen-bond acceptors (Lipinski definition) is 4. The van der Waals surface area contributed by atoms with E-state index in [4.69, 9.17) is 4.74 Å². The summed E-state index contributed by atoms with van der Waals surface area (Å²) in [6, 6.07) is 10.8. The molecule has 1 saturated heterocycles. The van der Waals surface area contributed by atoms with Crippen LogP contribution in [0.3, 0.4) is 0 Å². The van der Waals surface area contributed by atoms with Crippen molar-refractivity contribution in [2.45, 2.75) is 6.54 Å². The molecule has 1 aliphatic heterocycles. The number of nitrogens with one attached hydrogen (secondary N) is 1. The molecule has 1 N–H and O–H groups in total. The molecular formula is C18H20N4O3. The quantitative estimate of drug-likeness (QED) is 0.868. The summed E-state index contributed by atoms with van der Waals surface area (Å²) in [5.74, 6) is 0.560. The van der Waals surface area contributed by atoms with E-state index in [-0.39, 0.29) is 18.5 Å². The Kier molecular flexibility index (Phi) is 5.13. The Morgan fingerprint density at radius 1 is 1.16 bits per heavy atom. The summed E-state index contributed by atoms with van der Waals surface area (Å²) in [6.45, 7) is 1.55. The van der Waals surface area contributed by atoms with E-state index >= 15 is 0 Å². The summed E-state index contributed by atoms with van der Waals surface area (Å²) in [5, 5.41) is 2.82. The molecule has 0 unspecified atom stereocenters. The highest BCUT2D eigenvalue weighted by Gasteiger charge is 2.30. The van der Waals surface area contributed by atoms with Gasteiger partial charge in [-0.05, 0) is 42.0 Å². The number of anilines is 1. The molecule has 0 bridgehead atoms. The van der Waals surface area contributed by atoms with E-state index in [0.29, 0.717) is 19.6 Å². The first-order valence-corrected chi connectivity index (χ1v) is 8.03. The second-order valence-corrected chi connectivity index (χ2v) is 5.69. The highest BCUT2D eigenvalue weighted by Crippen LogP contribution is 2.23. The lowest BCUT2D eigenvalue weighted by Crippen LogP contribution is -2.39. The summed E-state index contributed by atoms with van der Waals surface area (Å²) in [5.41, 5.74) is 1.77. The van der Waals surface area contributed by atoms with E-state index in [2.05, 4.69) is 10.3 Å². The molecule has 130 valence electrons. The van der Waals surface area contributed by atoms with Gasteiger partial charge in [0.25, 0.3) is 0 Å². The van der Waals surface area contributed by atoms with Crippen LogP contribution in [0.25, 0.3) is 0 Å². The summed E-state index contributed by atoms with van der Waals surface area (Å²) < 4.78 is 5.13. The van der Waals surface area contributed by atoms with E-state index < -0.39 is 0 Å². The highest BCUT2D eigenvalue weighted by atomic mass is 16.5. The molecular weight excluding hydrogens is 320 g/mol. The Bertz CT molecular complexity index is 734. The monoisotopic (exact) mass is 340 g/mol. The highest BCUT2D eigenvalue weighted by molar-refractivity contribution is 5.96. The third-order valence-corrected chi connectivity index (χ3v) is 4.05. The Hall–Kier alpha value is -3.09. The first-order chi connectivity index (χ1) is 12.2. The molecule has 0 radical (unpaired) electrons. The maximum Gasteiger partial charge on any atom is 0.325 e. The van der Waals surface area contributed by atoms with Crippen LogP contribution < -0.4 is 15.0 Å². The lowest BCUT2D eigenvalue weighted by Gasteiger charge is -2.18. The van der Waals surface area contributed by atoms with Crippen LogP contribution in [0.5, 0.6) is 5.75 Å². The van der Waals surface area contributed by atoms with Gasteiger partial charge < -0.3 is 15.0 Å². The number of carbonyl (C=O) groups is 2. The summed E-state index contributed by atoms with van der Waals surface area (Å²) in [6.07, 6.45) is 3.36. The van der Waals surface area contributed by atoms with Crippen molar-refractivity contribution in [3.8, 4) is 5.75 Å². The van der Waals surface area contributed by atoms with E-state index in [9.17, 15) is 9.59 Å². The number of urea groups is 1. The van der Waals surface area contributed by atoms with Crippen LogP contribution in [0, 0.1) is 0 Å². The second-order valence-electron chi connectivity index (χ2n) is 5.69. The molecule has 1 aromatic heterocycles. The van der Waals surface area contributed by atoms with Crippen molar-refractivity contribution in [2.24, 2.45) is 0 Å². The fraction of sp³-hybridized carbons (Fsp3) is 0.278. The first-order valence-electron chi connectivity index (χ1n) is 8.03. The van der Waals surface area contributed by atoms with Gasteiger partial charge in [0.1, 0.15) is 12.3 Å². The zero-order valence-corrected chi connectivity index (χ0v) is 14.0. The van der Waals surface area contributed by atoms with Gasteiger partial charge in [0.2, 0.25) is 5.91 Å². The minimum Gasteiger partial charge on any atom is -0.497 e. The number of ether oxygens (including phenoxy) is 1. The van der Waals surface area contributed by atoms with Gasteiger partial charge in [-0.2, -0.15) is 0 Å². The van der Waals surface area contributed by atoms with Gasteiger partial charge >= 0.3 is 6.03 Å². The number of benzene rings is 1. The van der Waals surface area contributed by atoms with Crippen LogP contribution in [-0.4, -0.2) is 48.6 Å². The minimum absolute atomic E-state index is 0.0522. The average molecular weight is 340 g/mol. The number of amides is 3. The summed E-state index contributed by atoms with van der Waals surface area (Å²) >= 11 is 0. The van der Waals surface area contributed by atoms with Crippen LogP contribution in [0.2, 0.25) is 0 Å². The van der Waals surface area contributed by atoms with Crippen molar-refractivity contribution < 1.29 is 14.3 Å². The van der Waals surface area contributed by atoms with Gasteiger partial charge in [-0.1, -0.05) is 0 Å². The Morgan fingerprint density at radius 3 is 2.56 bits per heavy atom. The minimum atomic E-state index is -0.179. The van der Waals surface area contributed by atoms with Gasteiger partial charge in [0.05, 0.1) is 7.11 Å². The fourth-order valence-corrected chi connectivity index (χ4v) is 2.66. The molecule has 0 aliphatic carbocycles. The van der Waals surface area contributed by atoms with E-state index in [1.165, 1.54) is 0 Å². The van der Waals surface area contributed by atoms with Crippen LogP contribution in [0.4, 0.5) is 10.5 Å². The van der Waals surface area contributed by atoms with Crippen molar-refractivity contribution in [2.75, 3.05) is 31.6 Å². The first kappa shape index (κ1) is 16.8. The number of nitrogens with zero attached hydrogens (tertiary/aromatic N) is 3. The number of methoxy groups -OCH3 is 1. The van der Waals surface area contributed by atoms with Crippen molar-refractivity contribution in [1.82, 2.24) is 15.2 Å². The lowest BCUT2D eigenvalue weighted by molar-refractivity contribution is -0.121. The summed E-state index contributed by atoms with van der Waals surface area (Å²) in [4.78, 5) is 31.7. The molecule has 0 spiro atoms. The SMILES string of the molecule is COc1ccc(N2CCN(CC(=O)NCc3ccncc3)C2=O)cc1. The largest absolute Gasteiger partial charge is 0.497 e. The smallest absolute Gasteiger partial charge is 0.325 e. The predicted octanol–water partition coefficient (Wildman–Crippen LogP) is 1.65. The maximum absolute atomic E-state index is 12.5. The van der Waals surface area contributed by atoms with Gasteiger partial charge in [-0.15, -0.1) is 0 Å². The summed E-state index contributed by atoms with van der Waals surface area (Å²) in [7, 11) is 1.60. The second kappa shape index (κ2) is 7.65. The van der Waals surface area contributed by atoms with Crippen molar-refractivity contribution in [1.29, 1.82) is 0 Å². The van der Waals surface area contributed by atoms with E-state index in [1.54, 1.807) is 29.3 Å². The molecule has 3 rings (SSSR count). The van der Waals surface area contributed by atoms with Crippen LogP contribution >= 0.6 is 0 Å². The number of aromatic nitrogens is 1. The van der Waals surface area contributed by atoms with E-state index in [0.717, 1.165) is 17.0 Å². The molecule has 7 nitrogen and oxygen atoms in total. The van der Waals surface area contributed by atoms with Gasteiger partial charge in [0.15, 0.2) is 0 Å². The van der Waals surface area contributed by atoms with Crippen molar-refractivity contribution >= 4 is 17.6 Å². The fourth-order valence-electron chi connectivity index (χ4n) is 2.66. The van der Waals surface area contributed by atoms with Crippen LogP contribution in [0.1, 0.15) is 5.56 Å². The van der Waals surface area contributed by atoms with Crippen molar-refractivity contribution in [3.05, 3.63) is 54.4 Å². The maximum atomic E-state index is 12.5. The van der Waals surface area contributed by atoms with Crippen molar-refractivity contribution in [3.63, 3.8) is 0 Å². The van der Waals surface area contributed by atoms with Gasteiger partial charge in [-0.25, -0.2) is 4.79 Å². The lowest BCUT2D eigenvalue weighted by atomic mass is 10.3. The third kappa shape index (κ3) is 4.06. The van der Waals surface area contributed by atoms with E-state index in [1.807, 2.05) is 36.4 Å². The molecule has 7 heteroatoms. The molecule has 1 aliphatic rings. The number of rotatable bonds is 6. The number of carbonyl (C=O) groups excluding carboxylic acids is 2. The molecule has 1 aromatic carbocycles. The Balaban J connectivity index is 1.53. The molecule has 1 fully saturated rings. The van der Waals surface area contributed by atoms with Gasteiger partial charge in [-0.3, -0.25) is 14.7 Å². The van der Waals surface area contributed by atoms with Gasteiger partial charge in [0, 0.05) is 37.7 Å². The zero-order valence-electron chi connectivity index (χ0n) is 14.0. The topological polar surface area (TPSA) is 74.8 Å². The van der Waals surface area contributed by atoms with Crippen LogP contribution in [0.15, 0.2) is 48.8 Å². The Morgan fingerprint density at radius 2 is 1.88 bits per heavy atom. The molecule has 0 atom stereocenters. The zero-order chi connectivity index (χ0) is 17.6. The molecule has 3 amide bonds. The average Bonchev–Trinajstić information content (AvgIpc) is 3.01. The Labute approximate surface area is 146 Å². The normalized spacial score (nSPS) is 13.9. The molecule has 25 heavy (non-hydrogen) atoms.